The molecule has 0 aliphatic rings. The lowest BCUT2D eigenvalue weighted by atomic mass is 10.0. The Labute approximate surface area is 150 Å². The van der Waals surface area contributed by atoms with Crippen LogP contribution in [0.4, 0.5) is 17.6 Å². The standard InChI is InChI=1S/C18H19F4NO2S/c1-10-7-11(2)13(4)17(12(10)3)26(24,25)23-9-14-5-6-15(8-16(14)19)18(20,21)22/h5-8,23H,9H2,1-4H3. The highest BCUT2D eigenvalue weighted by atomic mass is 32.2. The first-order valence-corrected chi connectivity index (χ1v) is 9.25. The van der Waals surface area contributed by atoms with E-state index >= 15 is 0 Å². The van der Waals surface area contributed by atoms with Gasteiger partial charge in [-0.15, -0.1) is 0 Å². The zero-order chi connectivity index (χ0) is 19.9. The summed E-state index contributed by atoms with van der Waals surface area (Å²) in [5, 5.41) is 0. The van der Waals surface area contributed by atoms with Gasteiger partial charge in [0.05, 0.1) is 10.5 Å². The second kappa shape index (κ2) is 7.00. The number of benzene rings is 2. The molecule has 1 N–H and O–H groups in total. The van der Waals surface area contributed by atoms with E-state index in [1.54, 1.807) is 27.7 Å². The van der Waals surface area contributed by atoms with Crippen LogP contribution < -0.4 is 4.72 Å². The first-order valence-electron chi connectivity index (χ1n) is 7.77. The fourth-order valence-electron chi connectivity index (χ4n) is 2.70. The number of nitrogens with one attached hydrogen (secondary N) is 1. The molecule has 142 valence electrons. The van der Waals surface area contributed by atoms with Crippen molar-refractivity contribution in [3.05, 3.63) is 63.5 Å². The van der Waals surface area contributed by atoms with E-state index in [1.807, 2.05) is 6.07 Å². The Bertz CT molecular complexity index is 924. The predicted molar refractivity (Wildman–Crippen MR) is 90.8 cm³/mol. The molecule has 3 nitrogen and oxygen atoms in total. The second-order valence-electron chi connectivity index (χ2n) is 6.22. The average Bonchev–Trinajstić information content (AvgIpc) is 2.51. The SMILES string of the molecule is Cc1cc(C)c(C)c(S(=O)(=O)NCc2ccc(C(F)(F)F)cc2F)c1C. The van der Waals surface area contributed by atoms with E-state index in [4.69, 9.17) is 0 Å². The van der Waals surface area contributed by atoms with Crippen LogP contribution in [0.5, 0.6) is 0 Å². The maximum Gasteiger partial charge on any atom is 0.416 e. The topological polar surface area (TPSA) is 46.2 Å². The summed E-state index contributed by atoms with van der Waals surface area (Å²) < 4.78 is 79.3. The number of rotatable bonds is 4. The van der Waals surface area contributed by atoms with Crippen LogP contribution >= 0.6 is 0 Å². The molecule has 0 atom stereocenters. The molecule has 0 heterocycles. The lowest BCUT2D eigenvalue weighted by molar-refractivity contribution is -0.137. The Morgan fingerprint density at radius 3 is 1.96 bits per heavy atom. The van der Waals surface area contributed by atoms with Crippen LogP contribution in [0, 0.1) is 33.5 Å². The van der Waals surface area contributed by atoms with Crippen molar-refractivity contribution in [2.75, 3.05) is 0 Å². The highest BCUT2D eigenvalue weighted by Gasteiger charge is 2.31. The van der Waals surface area contributed by atoms with Crippen LogP contribution in [0.2, 0.25) is 0 Å². The normalized spacial score (nSPS) is 12.5. The summed E-state index contributed by atoms with van der Waals surface area (Å²) in [6, 6.07) is 3.89. The number of hydrogen-bond donors (Lipinski definition) is 1. The number of halogens is 4. The summed E-state index contributed by atoms with van der Waals surface area (Å²) >= 11 is 0. The summed E-state index contributed by atoms with van der Waals surface area (Å²) in [5.41, 5.74) is 1.47. The molecular weight excluding hydrogens is 370 g/mol. The van der Waals surface area contributed by atoms with Crippen molar-refractivity contribution in [3.63, 3.8) is 0 Å². The number of aryl methyl sites for hydroxylation is 2. The molecule has 8 heteroatoms. The highest BCUT2D eigenvalue weighted by molar-refractivity contribution is 7.89. The third-order valence-corrected chi connectivity index (χ3v) is 6.07. The van der Waals surface area contributed by atoms with Crippen LogP contribution in [-0.4, -0.2) is 8.42 Å². The molecule has 0 bridgehead atoms. The van der Waals surface area contributed by atoms with Crippen molar-refractivity contribution in [1.29, 1.82) is 0 Å². The fourth-order valence-corrected chi connectivity index (χ4v) is 4.31. The summed E-state index contributed by atoms with van der Waals surface area (Å²) in [6.07, 6.45) is -4.66. The third-order valence-electron chi connectivity index (χ3n) is 4.40. The molecular formula is C18H19F4NO2S. The van der Waals surface area contributed by atoms with Crippen LogP contribution in [0.15, 0.2) is 29.2 Å². The lowest BCUT2D eigenvalue weighted by Gasteiger charge is -2.16. The van der Waals surface area contributed by atoms with E-state index in [-0.39, 0.29) is 10.5 Å². The lowest BCUT2D eigenvalue weighted by Crippen LogP contribution is -2.26. The van der Waals surface area contributed by atoms with Gasteiger partial charge >= 0.3 is 6.18 Å². The van der Waals surface area contributed by atoms with Crippen LogP contribution in [-0.2, 0) is 22.7 Å². The monoisotopic (exact) mass is 389 g/mol. The first-order chi connectivity index (χ1) is 11.8. The first kappa shape index (κ1) is 20.4. The fraction of sp³-hybridized carbons (Fsp3) is 0.333. The van der Waals surface area contributed by atoms with Gasteiger partial charge in [0, 0.05) is 12.1 Å². The van der Waals surface area contributed by atoms with E-state index in [2.05, 4.69) is 4.72 Å². The molecule has 0 aliphatic heterocycles. The van der Waals surface area contributed by atoms with Crippen LogP contribution in [0.3, 0.4) is 0 Å². The van der Waals surface area contributed by atoms with E-state index < -0.39 is 34.1 Å². The molecule has 0 aliphatic carbocycles. The molecule has 0 saturated carbocycles. The maximum absolute atomic E-state index is 13.9. The van der Waals surface area contributed by atoms with Gasteiger partial charge in [-0.1, -0.05) is 12.1 Å². The van der Waals surface area contributed by atoms with Crippen LogP contribution in [0.25, 0.3) is 0 Å². The van der Waals surface area contributed by atoms with E-state index in [1.165, 1.54) is 0 Å². The number of hydrogen-bond acceptors (Lipinski definition) is 2. The van der Waals surface area contributed by atoms with Gasteiger partial charge in [0.15, 0.2) is 0 Å². The zero-order valence-corrected chi connectivity index (χ0v) is 15.6. The Morgan fingerprint density at radius 1 is 0.962 bits per heavy atom. The van der Waals surface area contributed by atoms with Crippen LogP contribution in [0.1, 0.15) is 33.4 Å². The van der Waals surface area contributed by atoms with Crippen molar-refractivity contribution < 1.29 is 26.0 Å². The molecule has 2 rings (SSSR count). The quantitative estimate of drug-likeness (QED) is 0.780. The molecule has 0 radical (unpaired) electrons. The summed E-state index contributed by atoms with van der Waals surface area (Å²) in [6.45, 7) is 6.48. The molecule has 0 saturated heterocycles. The summed E-state index contributed by atoms with van der Waals surface area (Å²) in [4.78, 5) is 0.113. The molecule has 2 aromatic carbocycles. The molecule has 0 fully saturated rings. The largest absolute Gasteiger partial charge is 0.416 e. The van der Waals surface area contributed by atoms with Gasteiger partial charge in [0.25, 0.3) is 0 Å². The van der Waals surface area contributed by atoms with Gasteiger partial charge < -0.3 is 0 Å². The highest BCUT2D eigenvalue weighted by Crippen LogP contribution is 2.30. The van der Waals surface area contributed by atoms with Crippen molar-refractivity contribution in [2.24, 2.45) is 0 Å². The Balaban J connectivity index is 2.33. The second-order valence-corrected chi connectivity index (χ2v) is 7.92. The maximum atomic E-state index is 13.9. The van der Waals surface area contributed by atoms with Crippen molar-refractivity contribution in [1.82, 2.24) is 4.72 Å². The smallest absolute Gasteiger partial charge is 0.207 e. The number of sulfonamides is 1. The van der Waals surface area contributed by atoms with Gasteiger partial charge in [0.2, 0.25) is 10.0 Å². The van der Waals surface area contributed by atoms with Gasteiger partial charge in [0.1, 0.15) is 5.82 Å². The minimum atomic E-state index is -4.66. The Morgan fingerprint density at radius 2 is 1.50 bits per heavy atom. The minimum absolute atomic E-state index is 0.113. The third kappa shape index (κ3) is 4.07. The van der Waals surface area contributed by atoms with Gasteiger partial charge in [-0.3, -0.25) is 0 Å². The molecule has 0 aromatic heterocycles. The molecule has 0 spiro atoms. The molecule has 0 amide bonds. The molecule has 2 aromatic rings. The van der Waals surface area contributed by atoms with Crippen molar-refractivity contribution in [3.8, 4) is 0 Å². The van der Waals surface area contributed by atoms with Gasteiger partial charge in [-0.2, -0.15) is 13.2 Å². The van der Waals surface area contributed by atoms with E-state index in [9.17, 15) is 26.0 Å². The average molecular weight is 389 g/mol. The molecule has 26 heavy (non-hydrogen) atoms. The minimum Gasteiger partial charge on any atom is -0.207 e. The van der Waals surface area contributed by atoms with Crippen molar-refractivity contribution >= 4 is 10.0 Å². The Hall–Kier alpha value is -1.93. The van der Waals surface area contributed by atoms with Gasteiger partial charge in [-0.05, 0) is 62.1 Å². The van der Waals surface area contributed by atoms with E-state index in [0.29, 0.717) is 17.2 Å². The predicted octanol–water partition coefficient (Wildman–Crippen LogP) is 4.56. The van der Waals surface area contributed by atoms with Crippen molar-refractivity contribution in [2.45, 2.75) is 45.3 Å². The Kier molecular flexibility index (Phi) is 5.49. The summed E-state index contributed by atoms with van der Waals surface area (Å²) in [7, 11) is -3.96. The number of alkyl halides is 3. The van der Waals surface area contributed by atoms with Gasteiger partial charge in [-0.25, -0.2) is 17.5 Å². The molecule has 0 unspecified atom stereocenters. The summed E-state index contributed by atoms with van der Waals surface area (Å²) in [5.74, 6) is -1.11. The zero-order valence-electron chi connectivity index (χ0n) is 14.8. The van der Waals surface area contributed by atoms with E-state index in [0.717, 1.165) is 23.3 Å².